The first-order chi connectivity index (χ1) is 8.47. The van der Waals surface area contributed by atoms with Gasteiger partial charge in [0.2, 0.25) is 10.0 Å². The Morgan fingerprint density at radius 3 is 2.61 bits per heavy atom. The predicted octanol–water partition coefficient (Wildman–Crippen LogP) is 1.23. The molecule has 18 heavy (non-hydrogen) atoms. The topological polar surface area (TPSA) is 72.5 Å². The number of methoxy groups -OCH3 is 1. The van der Waals surface area contributed by atoms with Crippen molar-refractivity contribution in [2.75, 3.05) is 13.7 Å². The standard InChI is InChI=1S/C12H17NO4S/c1-10-6-3-4-7-11(10)18(15,16)13-9-5-8-12(14)17-2/h3-4,6-7,13H,5,8-9H2,1-2H3. The van der Waals surface area contributed by atoms with Crippen molar-refractivity contribution in [3.05, 3.63) is 29.8 Å². The van der Waals surface area contributed by atoms with Gasteiger partial charge >= 0.3 is 5.97 Å². The lowest BCUT2D eigenvalue weighted by molar-refractivity contribution is -0.140. The molecule has 0 fully saturated rings. The summed E-state index contributed by atoms with van der Waals surface area (Å²) < 4.78 is 30.8. The Morgan fingerprint density at radius 2 is 2.00 bits per heavy atom. The Balaban J connectivity index is 2.56. The maximum absolute atomic E-state index is 11.9. The molecule has 0 radical (unpaired) electrons. The van der Waals surface area contributed by atoms with Gasteiger partial charge in [-0.2, -0.15) is 0 Å². The van der Waals surface area contributed by atoms with E-state index < -0.39 is 10.0 Å². The Labute approximate surface area is 107 Å². The van der Waals surface area contributed by atoms with Crippen molar-refractivity contribution in [3.8, 4) is 0 Å². The molecule has 0 saturated heterocycles. The number of benzene rings is 1. The third kappa shape index (κ3) is 4.12. The Hall–Kier alpha value is -1.40. The lowest BCUT2D eigenvalue weighted by Crippen LogP contribution is -2.25. The second kappa shape index (κ2) is 6.51. The van der Waals surface area contributed by atoms with Crippen molar-refractivity contribution in [2.45, 2.75) is 24.7 Å². The van der Waals surface area contributed by atoms with Crippen LogP contribution in [0.5, 0.6) is 0 Å². The highest BCUT2D eigenvalue weighted by atomic mass is 32.2. The molecule has 0 aromatic heterocycles. The predicted molar refractivity (Wildman–Crippen MR) is 67.6 cm³/mol. The molecule has 0 saturated carbocycles. The van der Waals surface area contributed by atoms with Crippen LogP contribution in [0.15, 0.2) is 29.2 Å². The molecule has 5 nitrogen and oxygen atoms in total. The van der Waals surface area contributed by atoms with Gasteiger partial charge < -0.3 is 4.74 Å². The van der Waals surface area contributed by atoms with Crippen LogP contribution in [-0.4, -0.2) is 28.0 Å². The van der Waals surface area contributed by atoms with Crippen LogP contribution in [0.4, 0.5) is 0 Å². The third-order valence-electron chi connectivity index (χ3n) is 2.46. The Kier molecular flexibility index (Phi) is 5.30. The highest BCUT2D eigenvalue weighted by molar-refractivity contribution is 7.89. The minimum Gasteiger partial charge on any atom is -0.469 e. The molecule has 0 amide bonds. The molecule has 0 unspecified atom stereocenters. The van der Waals surface area contributed by atoms with Gasteiger partial charge in [0, 0.05) is 13.0 Å². The maximum atomic E-state index is 11.9. The number of carbonyl (C=O) groups is 1. The number of ether oxygens (including phenoxy) is 1. The van der Waals surface area contributed by atoms with Crippen molar-refractivity contribution in [1.82, 2.24) is 4.72 Å². The van der Waals surface area contributed by atoms with E-state index in [9.17, 15) is 13.2 Å². The summed E-state index contributed by atoms with van der Waals surface area (Å²) in [5.41, 5.74) is 0.693. The van der Waals surface area contributed by atoms with Gasteiger partial charge in [-0.3, -0.25) is 4.79 Å². The monoisotopic (exact) mass is 271 g/mol. The summed E-state index contributed by atoms with van der Waals surface area (Å²) in [6.07, 6.45) is 0.616. The number of carbonyl (C=O) groups excluding carboxylic acids is 1. The minimum atomic E-state index is -3.50. The molecule has 6 heteroatoms. The zero-order valence-corrected chi connectivity index (χ0v) is 11.3. The molecule has 1 rings (SSSR count). The van der Waals surface area contributed by atoms with E-state index in [0.29, 0.717) is 12.0 Å². The molecule has 0 atom stereocenters. The van der Waals surface area contributed by atoms with Gasteiger partial charge in [0.15, 0.2) is 0 Å². The summed E-state index contributed by atoms with van der Waals surface area (Å²) in [5.74, 6) is -0.343. The fourth-order valence-corrected chi connectivity index (χ4v) is 2.80. The Bertz CT molecular complexity index is 511. The zero-order valence-electron chi connectivity index (χ0n) is 10.5. The summed E-state index contributed by atoms with van der Waals surface area (Å²) >= 11 is 0. The second-order valence-corrected chi connectivity index (χ2v) is 5.58. The van der Waals surface area contributed by atoms with Gasteiger partial charge in [-0.15, -0.1) is 0 Å². The van der Waals surface area contributed by atoms with Crippen molar-refractivity contribution < 1.29 is 17.9 Å². The lowest BCUT2D eigenvalue weighted by atomic mass is 10.2. The highest BCUT2D eigenvalue weighted by Crippen LogP contribution is 2.13. The molecular weight excluding hydrogens is 254 g/mol. The van der Waals surface area contributed by atoms with Crippen LogP contribution in [0.1, 0.15) is 18.4 Å². The van der Waals surface area contributed by atoms with Gasteiger partial charge in [0.05, 0.1) is 12.0 Å². The van der Waals surface area contributed by atoms with Crippen LogP contribution in [0.3, 0.4) is 0 Å². The van der Waals surface area contributed by atoms with Gasteiger partial charge in [-0.25, -0.2) is 13.1 Å². The van der Waals surface area contributed by atoms with Crippen molar-refractivity contribution >= 4 is 16.0 Å². The molecule has 0 aliphatic carbocycles. The first kappa shape index (κ1) is 14.7. The summed E-state index contributed by atoms with van der Waals surface area (Å²) in [7, 11) is -2.19. The van der Waals surface area contributed by atoms with Crippen LogP contribution < -0.4 is 4.72 Å². The first-order valence-electron chi connectivity index (χ1n) is 5.59. The quantitative estimate of drug-likeness (QED) is 0.624. The number of nitrogens with one attached hydrogen (secondary N) is 1. The SMILES string of the molecule is COC(=O)CCCNS(=O)(=O)c1ccccc1C. The van der Waals surface area contributed by atoms with E-state index in [2.05, 4.69) is 9.46 Å². The van der Waals surface area contributed by atoms with Crippen molar-refractivity contribution in [1.29, 1.82) is 0 Å². The largest absolute Gasteiger partial charge is 0.469 e. The van der Waals surface area contributed by atoms with E-state index in [1.807, 2.05) is 0 Å². The highest BCUT2D eigenvalue weighted by Gasteiger charge is 2.15. The first-order valence-corrected chi connectivity index (χ1v) is 7.08. The number of sulfonamides is 1. The molecule has 1 N–H and O–H groups in total. The number of hydrogen-bond acceptors (Lipinski definition) is 4. The summed E-state index contributed by atoms with van der Waals surface area (Å²) in [4.78, 5) is 11.1. The molecule has 0 heterocycles. The fourth-order valence-electron chi connectivity index (χ4n) is 1.48. The van der Waals surface area contributed by atoms with Crippen LogP contribution >= 0.6 is 0 Å². The van der Waals surface area contributed by atoms with Crippen molar-refractivity contribution in [3.63, 3.8) is 0 Å². The lowest BCUT2D eigenvalue weighted by Gasteiger charge is -2.08. The van der Waals surface area contributed by atoms with E-state index in [-0.39, 0.29) is 23.8 Å². The molecule has 0 aliphatic rings. The van der Waals surface area contributed by atoms with Gasteiger partial charge in [0.1, 0.15) is 0 Å². The molecule has 0 aliphatic heterocycles. The zero-order chi connectivity index (χ0) is 13.6. The maximum Gasteiger partial charge on any atom is 0.305 e. The van der Waals surface area contributed by atoms with Crippen LogP contribution in [0.25, 0.3) is 0 Å². The summed E-state index contributed by atoms with van der Waals surface area (Å²) in [5, 5.41) is 0. The fraction of sp³-hybridized carbons (Fsp3) is 0.417. The normalized spacial score (nSPS) is 11.2. The van der Waals surface area contributed by atoms with Crippen LogP contribution in [-0.2, 0) is 19.6 Å². The number of hydrogen-bond donors (Lipinski definition) is 1. The van der Waals surface area contributed by atoms with Crippen LogP contribution in [0.2, 0.25) is 0 Å². The molecule has 1 aromatic rings. The van der Waals surface area contributed by atoms with E-state index in [4.69, 9.17) is 0 Å². The summed E-state index contributed by atoms with van der Waals surface area (Å²) in [6.45, 7) is 1.95. The average Bonchev–Trinajstić information content (AvgIpc) is 2.34. The number of aryl methyl sites for hydroxylation is 1. The molecular formula is C12H17NO4S. The minimum absolute atomic E-state index is 0.201. The van der Waals surface area contributed by atoms with Gasteiger partial charge in [0.25, 0.3) is 0 Å². The Morgan fingerprint density at radius 1 is 1.33 bits per heavy atom. The van der Waals surface area contributed by atoms with E-state index >= 15 is 0 Å². The third-order valence-corrected chi connectivity index (χ3v) is 4.08. The van der Waals surface area contributed by atoms with E-state index in [1.54, 1.807) is 31.2 Å². The number of esters is 1. The van der Waals surface area contributed by atoms with E-state index in [0.717, 1.165) is 0 Å². The van der Waals surface area contributed by atoms with Gasteiger partial charge in [-0.05, 0) is 25.0 Å². The second-order valence-electron chi connectivity index (χ2n) is 3.84. The van der Waals surface area contributed by atoms with Crippen LogP contribution in [0, 0.1) is 6.92 Å². The molecule has 0 spiro atoms. The van der Waals surface area contributed by atoms with E-state index in [1.165, 1.54) is 7.11 Å². The average molecular weight is 271 g/mol. The summed E-state index contributed by atoms with van der Waals surface area (Å²) in [6, 6.07) is 6.75. The van der Waals surface area contributed by atoms with Crippen molar-refractivity contribution in [2.24, 2.45) is 0 Å². The smallest absolute Gasteiger partial charge is 0.305 e. The van der Waals surface area contributed by atoms with Gasteiger partial charge in [-0.1, -0.05) is 18.2 Å². The molecule has 1 aromatic carbocycles. The number of rotatable bonds is 6. The molecule has 100 valence electrons. The molecule has 0 bridgehead atoms.